The second kappa shape index (κ2) is 25.3. The van der Waals surface area contributed by atoms with Crippen molar-refractivity contribution >= 4 is 11.9 Å². The average Bonchev–Trinajstić information content (AvgIpc) is 2.79. The fraction of sp³-hybridized carbons (Fsp3) is 0.862. The minimum atomic E-state index is -0.648. The summed E-state index contributed by atoms with van der Waals surface area (Å²) in [5, 5.41) is 8.58. The van der Waals surface area contributed by atoms with Gasteiger partial charge in [-0.1, -0.05) is 141 Å². The van der Waals surface area contributed by atoms with Gasteiger partial charge in [-0.3, -0.25) is 9.59 Å². The van der Waals surface area contributed by atoms with Gasteiger partial charge in [0.25, 0.3) is 0 Å². The van der Waals surface area contributed by atoms with Crippen LogP contribution < -0.4 is 0 Å². The number of ether oxygens (including phenoxy) is 1. The topological polar surface area (TPSA) is 63.6 Å². The first-order chi connectivity index (χ1) is 16.1. The van der Waals surface area contributed by atoms with Crippen molar-refractivity contribution in [3.05, 3.63) is 12.8 Å². The molecule has 0 aliphatic heterocycles. The van der Waals surface area contributed by atoms with Crippen LogP contribution in [0.5, 0.6) is 0 Å². The molecule has 4 heteroatoms. The first-order valence-electron chi connectivity index (χ1n) is 14.1. The fourth-order valence-corrected chi connectivity index (χ4v) is 4.78. The van der Waals surface area contributed by atoms with Crippen molar-refractivity contribution in [3.63, 3.8) is 0 Å². The Labute approximate surface area is 204 Å². The summed E-state index contributed by atoms with van der Waals surface area (Å²) in [6, 6.07) is 0. The standard InChI is InChI=1S/C25H48O2.C4H6O2/c26-25(27)23-19-14-12-10-8-6-4-2-1-3-5-7-9-11-13-16-20-24-21-17-15-18-22-24;1-3-6-4(2)5/h24H,1-23H2,(H,26,27);3H,1H2,2H3. The van der Waals surface area contributed by atoms with E-state index in [1.807, 2.05) is 0 Å². The van der Waals surface area contributed by atoms with E-state index in [0.29, 0.717) is 6.42 Å². The predicted molar refractivity (Wildman–Crippen MR) is 139 cm³/mol. The van der Waals surface area contributed by atoms with Crippen LogP contribution in [0.4, 0.5) is 0 Å². The molecule has 194 valence electrons. The van der Waals surface area contributed by atoms with Crippen molar-refractivity contribution in [2.45, 2.75) is 155 Å². The lowest BCUT2D eigenvalue weighted by Crippen LogP contribution is -2.05. The minimum Gasteiger partial charge on any atom is -0.481 e. The van der Waals surface area contributed by atoms with Crippen LogP contribution in [0.25, 0.3) is 0 Å². The normalized spacial score (nSPS) is 13.7. The SMILES string of the molecule is C=COC(C)=O.O=C(O)CCCCCCCCCCCCCCCCCCC1CCCCC1. The smallest absolute Gasteiger partial charge is 0.307 e. The molecule has 33 heavy (non-hydrogen) atoms. The molecule has 0 amide bonds. The van der Waals surface area contributed by atoms with E-state index in [1.165, 1.54) is 135 Å². The van der Waals surface area contributed by atoms with Crippen molar-refractivity contribution in [2.75, 3.05) is 0 Å². The number of rotatable bonds is 20. The lowest BCUT2D eigenvalue weighted by molar-refractivity contribution is -0.137. The first-order valence-corrected chi connectivity index (χ1v) is 14.1. The molecular weight excluding hydrogens is 412 g/mol. The maximum Gasteiger partial charge on any atom is 0.307 e. The highest BCUT2D eigenvalue weighted by molar-refractivity contribution is 5.66. The van der Waals surface area contributed by atoms with Crippen LogP contribution in [0.3, 0.4) is 0 Å². The van der Waals surface area contributed by atoms with Gasteiger partial charge in [0.2, 0.25) is 0 Å². The average molecular weight is 467 g/mol. The molecule has 0 aromatic rings. The van der Waals surface area contributed by atoms with Gasteiger partial charge in [-0.15, -0.1) is 0 Å². The molecule has 4 nitrogen and oxygen atoms in total. The number of carbonyl (C=O) groups is 2. The monoisotopic (exact) mass is 466 g/mol. The van der Waals surface area contributed by atoms with E-state index in [1.54, 1.807) is 0 Å². The molecule has 1 aliphatic carbocycles. The van der Waals surface area contributed by atoms with Gasteiger partial charge in [0.15, 0.2) is 0 Å². The molecule has 0 bridgehead atoms. The number of carboxylic acid groups (broad SMARTS) is 1. The van der Waals surface area contributed by atoms with E-state index in [4.69, 9.17) is 5.11 Å². The molecule has 0 atom stereocenters. The van der Waals surface area contributed by atoms with E-state index in [9.17, 15) is 9.59 Å². The molecule has 0 heterocycles. The molecule has 1 saturated carbocycles. The van der Waals surface area contributed by atoms with Gasteiger partial charge in [0, 0.05) is 13.3 Å². The molecule has 1 N–H and O–H groups in total. The van der Waals surface area contributed by atoms with Crippen molar-refractivity contribution < 1.29 is 19.4 Å². The highest BCUT2D eigenvalue weighted by Crippen LogP contribution is 2.28. The number of carboxylic acids is 1. The predicted octanol–water partition coefficient (Wildman–Crippen LogP) is 9.37. The van der Waals surface area contributed by atoms with Crippen LogP contribution in [0.1, 0.15) is 155 Å². The van der Waals surface area contributed by atoms with E-state index in [2.05, 4.69) is 11.3 Å². The second-order valence-corrected chi connectivity index (χ2v) is 9.87. The van der Waals surface area contributed by atoms with Gasteiger partial charge < -0.3 is 9.84 Å². The molecule has 0 radical (unpaired) electrons. The van der Waals surface area contributed by atoms with Gasteiger partial charge in [-0.2, -0.15) is 0 Å². The Bertz CT molecular complexity index is 455. The van der Waals surface area contributed by atoms with E-state index in [0.717, 1.165) is 25.0 Å². The summed E-state index contributed by atoms with van der Waals surface area (Å²) in [4.78, 5) is 20.2. The quantitative estimate of drug-likeness (QED) is 0.110. The number of hydrogen-bond donors (Lipinski definition) is 1. The summed E-state index contributed by atoms with van der Waals surface area (Å²) in [7, 11) is 0. The van der Waals surface area contributed by atoms with E-state index >= 15 is 0 Å². The Morgan fingerprint density at radius 3 is 1.45 bits per heavy atom. The molecule has 0 aromatic carbocycles. The number of carbonyl (C=O) groups excluding carboxylic acids is 1. The Kier molecular flexibility index (Phi) is 24.3. The van der Waals surface area contributed by atoms with Gasteiger partial charge in [-0.05, 0) is 12.3 Å². The van der Waals surface area contributed by atoms with Gasteiger partial charge in [-0.25, -0.2) is 0 Å². The Balaban J connectivity index is 0.00000150. The summed E-state index contributed by atoms with van der Waals surface area (Å²) in [6.07, 6.45) is 32.2. The summed E-state index contributed by atoms with van der Waals surface area (Å²) >= 11 is 0. The van der Waals surface area contributed by atoms with E-state index < -0.39 is 5.97 Å². The third kappa shape index (κ3) is 26.8. The maximum atomic E-state index is 10.4. The summed E-state index contributed by atoms with van der Waals surface area (Å²) in [5.74, 6) is 0.102. The van der Waals surface area contributed by atoms with Crippen LogP contribution in [-0.2, 0) is 14.3 Å². The molecule has 1 rings (SSSR count). The third-order valence-corrected chi connectivity index (χ3v) is 6.73. The molecule has 0 unspecified atom stereocenters. The zero-order valence-electron chi connectivity index (χ0n) is 21.8. The highest BCUT2D eigenvalue weighted by atomic mass is 16.5. The molecule has 0 aromatic heterocycles. The first kappa shape index (κ1) is 31.7. The van der Waals surface area contributed by atoms with Crippen LogP contribution >= 0.6 is 0 Å². The summed E-state index contributed by atoms with van der Waals surface area (Å²) < 4.78 is 4.17. The van der Waals surface area contributed by atoms with Crippen LogP contribution in [0.2, 0.25) is 0 Å². The highest BCUT2D eigenvalue weighted by Gasteiger charge is 2.12. The third-order valence-electron chi connectivity index (χ3n) is 6.73. The van der Waals surface area contributed by atoms with Crippen molar-refractivity contribution in [1.29, 1.82) is 0 Å². The van der Waals surface area contributed by atoms with Crippen LogP contribution in [0.15, 0.2) is 12.8 Å². The van der Waals surface area contributed by atoms with Gasteiger partial charge >= 0.3 is 11.9 Å². The van der Waals surface area contributed by atoms with Crippen molar-refractivity contribution in [1.82, 2.24) is 0 Å². The van der Waals surface area contributed by atoms with Crippen molar-refractivity contribution in [3.8, 4) is 0 Å². The zero-order chi connectivity index (χ0) is 24.4. The number of unbranched alkanes of at least 4 members (excludes halogenated alkanes) is 15. The molecule has 1 fully saturated rings. The van der Waals surface area contributed by atoms with Gasteiger partial charge in [0.1, 0.15) is 0 Å². The molecule has 0 saturated heterocycles. The van der Waals surface area contributed by atoms with Gasteiger partial charge in [0.05, 0.1) is 6.26 Å². The second-order valence-electron chi connectivity index (χ2n) is 9.87. The fourth-order valence-electron chi connectivity index (χ4n) is 4.78. The zero-order valence-corrected chi connectivity index (χ0v) is 21.8. The van der Waals surface area contributed by atoms with Crippen molar-refractivity contribution in [2.24, 2.45) is 5.92 Å². The molecule has 0 spiro atoms. The number of esters is 1. The number of hydrogen-bond acceptors (Lipinski definition) is 3. The minimum absolute atomic E-state index is 0.329. The largest absolute Gasteiger partial charge is 0.481 e. The Hall–Kier alpha value is -1.32. The van der Waals surface area contributed by atoms with E-state index in [-0.39, 0.29) is 5.97 Å². The Morgan fingerprint density at radius 1 is 0.727 bits per heavy atom. The molecular formula is C29H54O4. The van der Waals surface area contributed by atoms with Crippen LogP contribution in [-0.4, -0.2) is 17.0 Å². The summed E-state index contributed by atoms with van der Waals surface area (Å²) in [5.41, 5.74) is 0. The lowest BCUT2D eigenvalue weighted by Gasteiger charge is -2.21. The maximum absolute atomic E-state index is 10.4. The lowest BCUT2D eigenvalue weighted by atomic mass is 9.85. The molecule has 1 aliphatic rings. The summed E-state index contributed by atoms with van der Waals surface area (Å²) in [6.45, 7) is 4.48. The van der Waals surface area contributed by atoms with Crippen LogP contribution in [0, 0.1) is 5.92 Å². The Morgan fingerprint density at radius 2 is 1.12 bits per heavy atom. The number of aliphatic carboxylic acids is 1.